The van der Waals surface area contributed by atoms with E-state index in [-0.39, 0.29) is 6.61 Å². The van der Waals surface area contributed by atoms with Crippen molar-refractivity contribution < 1.29 is 9.84 Å². The Hall–Kier alpha value is -1.02. The predicted molar refractivity (Wildman–Crippen MR) is 57.7 cm³/mol. The van der Waals surface area contributed by atoms with Crippen LogP contribution in [0.2, 0.25) is 0 Å². The Morgan fingerprint density at radius 3 is 2.64 bits per heavy atom. The summed E-state index contributed by atoms with van der Waals surface area (Å²) in [5.74, 6) is 1.21. The van der Waals surface area contributed by atoms with Crippen LogP contribution in [0.25, 0.3) is 0 Å². The Kier molecular flexibility index (Phi) is 3.96. The molecule has 1 rings (SSSR count). The van der Waals surface area contributed by atoms with Crippen molar-refractivity contribution in [3.05, 3.63) is 29.3 Å². The monoisotopic (exact) mass is 194 g/mol. The molecule has 1 N–H and O–H groups in total. The maximum absolute atomic E-state index is 8.96. The van der Waals surface area contributed by atoms with E-state index in [2.05, 4.69) is 13.0 Å². The molecule has 0 saturated heterocycles. The van der Waals surface area contributed by atoms with Gasteiger partial charge in [0.2, 0.25) is 0 Å². The number of aliphatic hydroxyl groups excluding tert-OH is 1. The molecular formula is C12H18O2. The number of aryl methyl sites for hydroxylation is 1. The molecule has 0 bridgehead atoms. The van der Waals surface area contributed by atoms with Crippen LogP contribution >= 0.6 is 0 Å². The first-order chi connectivity index (χ1) is 6.67. The Labute approximate surface area is 85.5 Å². The Balaban J connectivity index is 2.78. The van der Waals surface area contributed by atoms with Crippen LogP contribution in [-0.4, -0.2) is 18.8 Å². The average molecular weight is 194 g/mol. The van der Waals surface area contributed by atoms with Crippen molar-refractivity contribution in [1.29, 1.82) is 0 Å². The standard InChI is InChI=1S/C12H18O2/c1-9(8-13)6-11-4-5-12(14-3)7-10(11)2/h4-5,7,9,13H,6,8H2,1-3H3. The van der Waals surface area contributed by atoms with Gasteiger partial charge in [-0.1, -0.05) is 13.0 Å². The zero-order valence-electron chi connectivity index (χ0n) is 9.08. The van der Waals surface area contributed by atoms with Crippen LogP contribution < -0.4 is 4.74 Å². The number of rotatable bonds is 4. The van der Waals surface area contributed by atoms with Gasteiger partial charge in [0.1, 0.15) is 5.75 Å². The van der Waals surface area contributed by atoms with E-state index in [1.165, 1.54) is 11.1 Å². The molecule has 1 unspecified atom stereocenters. The van der Waals surface area contributed by atoms with Gasteiger partial charge in [-0.15, -0.1) is 0 Å². The topological polar surface area (TPSA) is 29.5 Å². The van der Waals surface area contributed by atoms with Crippen LogP contribution in [0.3, 0.4) is 0 Å². The third-order valence-electron chi connectivity index (χ3n) is 2.43. The minimum Gasteiger partial charge on any atom is -0.497 e. The lowest BCUT2D eigenvalue weighted by molar-refractivity contribution is 0.237. The molecule has 14 heavy (non-hydrogen) atoms. The van der Waals surface area contributed by atoms with E-state index in [1.54, 1.807) is 7.11 Å². The molecule has 78 valence electrons. The molecule has 0 radical (unpaired) electrons. The maximum atomic E-state index is 8.96. The average Bonchev–Trinajstić information content (AvgIpc) is 2.20. The second kappa shape index (κ2) is 5.01. The number of benzene rings is 1. The van der Waals surface area contributed by atoms with Gasteiger partial charge in [0.15, 0.2) is 0 Å². The van der Waals surface area contributed by atoms with Crippen LogP contribution in [-0.2, 0) is 6.42 Å². The summed E-state index contributed by atoms with van der Waals surface area (Å²) in [7, 11) is 1.67. The van der Waals surface area contributed by atoms with Gasteiger partial charge in [0.05, 0.1) is 7.11 Å². The van der Waals surface area contributed by atoms with Crippen molar-refractivity contribution in [1.82, 2.24) is 0 Å². The van der Waals surface area contributed by atoms with Gasteiger partial charge in [0, 0.05) is 6.61 Å². The maximum Gasteiger partial charge on any atom is 0.119 e. The highest BCUT2D eigenvalue weighted by atomic mass is 16.5. The minimum absolute atomic E-state index is 0.242. The summed E-state index contributed by atoms with van der Waals surface area (Å²) < 4.78 is 5.13. The molecule has 1 aromatic rings. The molecule has 0 aliphatic carbocycles. The molecule has 0 spiro atoms. The van der Waals surface area contributed by atoms with Gasteiger partial charge < -0.3 is 9.84 Å². The number of methoxy groups -OCH3 is 1. The van der Waals surface area contributed by atoms with Gasteiger partial charge in [-0.25, -0.2) is 0 Å². The third kappa shape index (κ3) is 2.74. The molecule has 0 saturated carbocycles. The highest BCUT2D eigenvalue weighted by Gasteiger charge is 2.05. The van der Waals surface area contributed by atoms with Crippen molar-refractivity contribution in [3.63, 3.8) is 0 Å². The SMILES string of the molecule is COc1ccc(CC(C)CO)c(C)c1. The summed E-state index contributed by atoms with van der Waals surface area (Å²) >= 11 is 0. The fourth-order valence-electron chi connectivity index (χ4n) is 1.46. The quantitative estimate of drug-likeness (QED) is 0.796. The molecule has 1 aromatic carbocycles. The zero-order valence-corrected chi connectivity index (χ0v) is 9.08. The van der Waals surface area contributed by atoms with Gasteiger partial charge >= 0.3 is 0 Å². The molecule has 0 aliphatic heterocycles. The molecule has 0 fully saturated rings. The van der Waals surface area contributed by atoms with E-state index < -0.39 is 0 Å². The summed E-state index contributed by atoms with van der Waals surface area (Å²) in [6, 6.07) is 6.06. The fraction of sp³-hybridized carbons (Fsp3) is 0.500. The first-order valence-corrected chi connectivity index (χ1v) is 4.91. The van der Waals surface area contributed by atoms with E-state index in [0.717, 1.165) is 12.2 Å². The summed E-state index contributed by atoms with van der Waals surface area (Å²) in [5.41, 5.74) is 2.51. The lowest BCUT2D eigenvalue weighted by Crippen LogP contribution is -2.05. The number of hydrogen-bond acceptors (Lipinski definition) is 2. The molecule has 1 atom stereocenters. The molecule has 2 heteroatoms. The van der Waals surface area contributed by atoms with Crippen molar-refractivity contribution in [2.24, 2.45) is 5.92 Å². The van der Waals surface area contributed by atoms with E-state index in [4.69, 9.17) is 9.84 Å². The van der Waals surface area contributed by atoms with Crippen molar-refractivity contribution in [3.8, 4) is 5.75 Å². The summed E-state index contributed by atoms with van der Waals surface area (Å²) in [5, 5.41) is 8.96. The molecule has 0 amide bonds. The first kappa shape index (κ1) is 11.1. The highest BCUT2D eigenvalue weighted by Crippen LogP contribution is 2.19. The molecule has 0 heterocycles. The Bertz CT molecular complexity index is 294. The smallest absolute Gasteiger partial charge is 0.119 e. The Morgan fingerprint density at radius 1 is 1.43 bits per heavy atom. The lowest BCUT2D eigenvalue weighted by atomic mass is 9.98. The van der Waals surface area contributed by atoms with E-state index in [0.29, 0.717) is 5.92 Å². The number of hydrogen-bond donors (Lipinski definition) is 1. The van der Waals surface area contributed by atoms with Gasteiger partial charge in [0.25, 0.3) is 0 Å². The van der Waals surface area contributed by atoms with E-state index in [9.17, 15) is 0 Å². The Morgan fingerprint density at radius 2 is 2.14 bits per heavy atom. The first-order valence-electron chi connectivity index (χ1n) is 4.91. The van der Waals surface area contributed by atoms with Gasteiger partial charge in [-0.05, 0) is 42.5 Å². The molecule has 0 aromatic heterocycles. The molecular weight excluding hydrogens is 176 g/mol. The van der Waals surface area contributed by atoms with Crippen molar-refractivity contribution in [2.45, 2.75) is 20.3 Å². The van der Waals surface area contributed by atoms with Gasteiger partial charge in [-0.2, -0.15) is 0 Å². The third-order valence-corrected chi connectivity index (χ3v) is 2.43. The van der Waals surface area contributed by atoms with Crippen LogP contribution in [0.4, 0.5) is 0 Å². The predicted octanol–water partition coefficient (Wildman–Crippen LogP) is 2.17. The van der Waals surface area contributed by atoms with Crippen molar-refractivity contribution in [2.75, 3.05) is 13.7 Å². The summed E-state index contributed by atoms with van der Waals surface area (Å²) in [6.45, 7) is 4.36. The number of aliphatic hydroxyl groups is 1. The fourth-order valence-corrected chi connectivity index (χ4v) is 1.46. The van der Waals surface area contributed by atoms with E-state index >= 15 is 0 Å². The second-order valence-electron chi connectivity index (χ2n) is 3.78. The van der Waals surface area contributed by atoms with Crippen LogP contribution in [0.15, 0.2) is 18.2 Å². The van der Waals surface area contributed by atoms with Gasteiger partial charge in [-0.3, -0.25) is 0 Å². The second-order valence-corrected chi connectivity index (χ2v) is 3.78. The largest absolute Gasteiger partial charge is 0.497 e. The summed E-state index contributed by atoms with van der Waals surface area (Å²) in [6.07, 6.45) is 0.923. The van der Waals surface area contributed by atoms with E-state index in [1.807, 2.05) is 19.1 Å². The van der Waals surface area contributed by atoms with Crippen LogP contribution in [0.5, 0.6) is 5.75 Å². The number of ether oxygens (including phenoxy) is 1. The summed E-state index contributed by atoms with van der Waals surface area (Å²) in [4.78, 5) is 0. The normalized spacial score (nSPS) is 12.6. The van der Waals surface area contributed by atoms with Crippen molar-refractivity contribution >= 4 is 0 Å². The minimum atomic E-state index is 0.242. The molecule has 2 nitrogen and oxygen atoms in total. The lowest BCUT2D eigenvalue weighted by Gasteiger charge is -2.11. The zero-order chi connectivity index (χ0) is 10.6. The van der Waals surface area contributed by atoms with Crippen LogP contribution in [0, 0.1) is 12.8 Å². The van der Waals surface area contributed by atoms with Crippen LogP contribution in [0.1, 0.15) is 18.1 Å². The molecule has 0 aliphatic rings. The highest BCUT2D eigenvalue weighted by molar-refractivity contribution is 5.34.